The molecule has 0 atom stereocenters. The lowest BCUT2D eigenvalue weighted by atomic mass is 9.75. The summed E-state index contributed by atoms with van der Waals surface area (Å²) in [6, 6.07) is -0.339. The maximum absolute atomic E-state index is 11.9. The van der Waals surface area contributed by atoms with E-state index >= 15 is 0 Å². The fourth-order valence-corrected chi connectivity index (χ4v) is 3.06. The van der Waals surface area contributed by atoms with Crippen LogP contribution in [0.15, 0.2) is 0 Å². The third-order valence-electron chi connectivity index (χ3n) is 4.71. The van der Waals surface area contributed by atoms with Gasteiger partial charge in [0.2, 0.25) is 0 Å². The van der Waals surface area contributed by atoms with Crippen LogP contribution in [0.1, 0.15) is 58.3 Å². The van der Waals surface area contributed by atoms with Crippen molar-refractivity contribution in [1.29, 1.82) is 0 Å². The lowest BCUT2D eigenvalue weighted by Gasteiger charge is -2.39. The van der Waals surface area contributed by atoms with Crippen LogP contribution >= 0.6 is 0 Å². The molecule has 0 unspecified atom stereocenters. The Hall–Kier alpha value is -1.26. The van der Waals surface area contributed by atoms with Gasteiger partial charge in [0.15, 0.2) is 0 Å². The first kappa shape index (κ1) is 14.2. The van der Waals surface area contributed by atoms with Crippen LogP contribution in [0.25, 0.3) is 0 Å². The monoisotopic (exact) mass is 268 g/mol. The lowest BCUT2D eigenvalue weighted by molar-refractivity contribution is -0.148. The van der Waals surface area contributed by atoms with Gasteiger partial charge in [-0.1, -0.05) is 26.2 Å². The lowest BCUT2D eigenvalue weighted by Crippen LogP contribution is -2.61. The van der Waals surface area contributed by atoms with Crippen LogP contribution in [0.4, 0.5) is 4.79 Å². The Morgan fingerprint density at radius 3 is 2.16 bits per heavy atom. The van der Waals surface area contributed by atoms with E-state index < -0.39 is 11.5 Å². The molecule has 2 aliphatic rings. The van der Waals surface area contributed by atoms with Crippen molar-refractivity contribution in [2.75, 3.05) is 6.54 Å². The summed E-state index contributed by atoms with van der Waals surface area (Å²) in [6.45, 7) is 2.83. The molecular weight excluding hydrogens is 244 g/mol. The molecule has 2 rings (SSSR count). The number of carboxylic acid groups (broad SMARTS) is 1. The maximum atomic E-state index is 11.9. The van der Waals surface area contributed by atoms with Crippen LogP contribution in [-0.2, 0) is 4.79 Å². The number of rotatable bonds is 4. The van der Waals surface area contributed by atoms with Gasteiger partial charge in [-0.15, -0.1) is 0 Å². The van der Waals surface area contributed by atoms with Gasteiger partial charge in [-0.3, -0.25) is 0 Å². The molecule has 0 saturated heterocycles. The number of hydrogen-bond donors (Lipinski definition) is 3. The number of nitrogens with one attached hydrogen (secondary N) is 2. The molecule has 0 spiro atoms. The normalized spacial score (nSPS) is 24.1. The molecule has 2 aliphatic carbocycles. The van der Waals surface area contributed by atoms with Gasteiger partial charge in [-0.2, -0.15) is 0 Å². The number of amides is 2. The van der Waals surface area contributed by atoms with Gasteiger partial charge in [0.1, 0.15) is 5.54 Å². The second-order valence-electron chi connectivity index (χ2n) is 6.42. The van der Waals surface area contributed by atoms with E-state index in [0.29, 0.717) is 19.4 Å². The van der Waals surface area contributed by atoms with Crippen molar-refractivity contribution in [2.24, 2.45) is 5.41 Å². The zero-order chi connectivity index (χ0) is 13.9. The van der Waals surface area contributed by atoms with Crippen molar-refractivity contribution in [3.8, 4) is 0 Å². The van der Waals surface area contributed by atoms with Crippen LogP contribution < -0.4 is 10.6 Å². The Morgan fingerprint density at radius 1 is 1.05 bits per heavy atom. The molecule has 0 aliphatic heterocycles. The Morgan fingerprint density at radius 2 is 1.68 bits per heavy atom. The molecule has 0 aromatic carbocycles. The van der Waals surface area contributed by atoms with Crippen LogP contribution in [0, 0.1) is 5.41 Å². The molecule has 0 radical (unpaired) electrons. The van der Waals surface area contributed by atoms with Crippen LogP contribution in [0.2, 0.25) is 0 Å². The van der Waals surface area contributed by atoms with Crippen molar-refractivity contribution in [3.63, 3.8) is 0 Å². The molecule has 108 valence electrons. The van der Waals surface area contributed by atoms with Gasteiger partial charge >= 0.3 is 12.0 Å². The Bertz CT molecular complexity index is 358. The molecule has 2 saturated carbocycles. The predicted molar refractivity (Wildman–Crippen MR) is 71.9 cm³/mol. The summed E-state index contributed by atoms with van der Waals surface area (Å²) in [5.74, 6) is -0.919. The number of aliphatic carboxylic acids is 1. The fourth-order valence-electron chi connectivity index (χ4n) is 3.06. The zero-order valence-electron chi connectivity index (χ0n) is 11.6. The fraction of sp³-hybridized carbons (Fsp3) is 0.857. The highest BCUT2D eigenvalue weighted by Crippen LogP contribution is 2.35. The average molecular weight is 268 g/mol. The van der Waals surface area contributed by atoms with Crippen molar-refractivity contribution < 1.29 is 14.7 Å². The number of carbonyl (C=O) groups excluding carboxylic acids is 1. The van der Waals surface area contributed by atoms with Crippen LogP contribution in [-0.4, -0.2) is 29.2 Å². The van der Waals surface area contributed by atoms with Crippen molar-refractivity contribution in [1.82, 2.24) is 10.6 Å². The number of carboxylic acids is 1. The van der Waals surface area contributed by atoms with Gasteiger partial charge in [-0.05, 0) is 37.5 Å². The summed E-state index contributed by atoms with van der Waals surface area (Å²) in [4.78, 5) is 23.0. The largest absolute Gasteiger partial charge is 0.480 e. The molecule has 3 N–H and O–H groups in total. The first-order valence-corrected chi connectivity index (χ1v) is 7.25. The molecule has 5 nitrogen and oxygen atoms in total. The number of carbonyl (C=O) groups is 2. The van der Waals surface area contributed by atoms with Crippen LogP contribution in [0.3, 0.4) is 0 Å². The minimum Gasteiger partial charge on any atom is -0.480 e. The third kappa shape index (κ3) is 3.19. The van der Waals surface area contributed by atoms with E-state index in [2.05, 4.69) is 17.6 Å². The average Bonchev–Trinajstić information content (AvgIpc) is 2.32. The van der Waals surface area contributed by atoms with Gasteiger partial charge in [-0.25, -0.2) is 9.59 Å². The van der Waals surface area contributed by atoms with E-state index in [1.54, 1.807) is 0 Å². The summed E-state index contributed by atoms with van der Waals surface area (Å²) in [5, 5.41) is 14.7. The Balaban J connectivity index is 1.79. The second kappa shape index (κ2) is 5.39. The quantitative estimate of drug-likeness (QED) is 0.731. The second-order valence-corrected chi connectivity index (χ2v) is 6.42. The molecule has 0 bridgehead atoms. The first-order valence-electron chi connectivity index (χ1n) is 7.25. The van der Waals surface area contributed by atoms with Crippen molar-refractivity contribution in [2.45, 2.75) is 63.8 Å². The summed E-state index contributed by atoms with van der Waals surface area (Å²) in [6.07, 6.45) is 7.93. The first-order chi connectivity index (χ1) is 8.96. The zero-order valence-corrected chi connectivity index (χ0v) is 11.6. The molecule has 0 aromatic heterocycles. The van der Waals surface area contributed by atoms with Crippen molar-refractivity contribution in [3.05, 3.63) is 0 Å². The van der Waals surface area contributed by atoms with E-state index in [4.69, 9.17) is 5.11 Å². The van der Waals surface area contributed by atoms with E-state index in [0.717, 1.165) is 19.3 Å². The molecular formula is C14H24N2O3. The van der Waals surface area contributed by atoms with Crippen LogP contribution in [0.5, 0.6) is 0 Å². The predicted octanol–water partition coefficient (Wildman–Crippen LogP) is 2.26. The van der Waals surface area contributed by atoms with Gasteiger partial charge in [0.25, 0.3) is 0 Å². The van der Waals surface area contributed by atoms with E-state index in [1.807, 2.05) is 0 Å². The summed E-state index contributed by atoms with van der Waals surface area (Å²) in [7, 11) is 0. The highest BCUT2D eigenvalue weighted by atomic mass is 16.4. The smallest absolute Gasteiger partial charge is 0.329 e. The third-order valence-corrected chi connectivity index (χ3v) is 4.71. The molecule has 0 heterocycles. The molecule has 0 aromatic rings. The SMILES string of the molecule is CC1(CNC(=O)NC2(C(=O)O)CCC2)CCCCC1. The van der Waals surface area contributed by atoms with Gasteiger partial charge in [0, 0.05) is 6.54 Å². The summed E-state index contributed by atoms with van der Waals surface area (Å²) >= 11 is 0. The summed E-state index contributed by atoms with van der Waals surface area (Å²) in [5.41, 5.74) is -0.844. The molecule has 2 amide bonds. The number of urea groups is 1. The van der Waals surface area contributed by atoms with E-state index in [9.17, 15) is 9.59 Å². The number of hydrogen-bond acceptors (Lipinski definition) is 2. The minimum atomic E-state index is -1.02. The van der Waals surface area contributed by atoms with Gasteiger partial charge < -0.3 is 15.7 Å². The van der Waals surface area contributed by atoms with E-state index in [-0.39, 0.29) is 11.4 Å². The standard InChI is InChI=1S/C14H24N2O3/c1-13(6-3-2-4-7-13)10-15-12(19)16-14(11(17)18)8-5-9-14/h2-10H2,1H3,(H,17,18)(H2,15,16,19). The highest BCUT2D eigenvalue weighted by molar-refractivity contribution is 5.87. The molecule has 19 heavy (non-hydrogen) atoms. The Kier molecular flexibility index (Phi) is 4.02. The highest BCUT2D eigenvalue weighted by Gasteiger charge is 2.45. The van der Waals surface area contributed by atoms with Gasteiger partial charge in [0.05, 0.1) is 0 Å². The maximum Gasteiger partial charge on any atom is 0.329 e. The van der Waals surface area contributed by atoms with Crippen molar-refractivity contribution >= 4 is 12.0 Å². The molecule has 2 fully saturated rings. The topological polar surface area (TPSA) is 78.4 Å². The Labute approximate surface area is 114 Å². The molecule has 5 heteroatoms. The minimum absolute atomic E-state index is 0.172. The van der Waals surface area contributed by atoms with E-state index in [1.165, 1.54) is 19.3 Å². The summed E-state index contributed by atoms with van der Waals surface area (Å²) < 4.78 is 0.